The van der Waals surface area contributed by atoms with E-state index in [1.807, 2.05) is 12.1 Å². The average molecular weight is 456 g/mol. The highest BCUT2D eigenvalue weighted by atomic mass is 35.5. The van der Waals surface area contributed by atoms with Gasteiger partial charge in [-0.05, 0) is 66.4 Å². The zero-order chi connectivity index (χ0) is 22.1. The summed E-state index contributed by atoms with van der Waals surface area (Å²) in [5, 5.41) is 4.33. The molecule has 1 aliphatic carbocycles. The Morgan fingerprint density at radius 2 is 1.94 bits per heavy atom. The Labute approximate surface area is 191 Å². The zero-order valence-electron chi connectivity index (χ0n) is 17.7. The van der Waals surface area contributed by atoms with Crippen molar-refractivity contribution in [2.24, 2.45) is 11.8 Å². The molecule has 1 heterocycles. The van der Waals surface area contributed by atoms with Gasteiger partial charge in [-0.1, -0.05) is 50.4 Å². The monoisotopic (exact) mass is 455 g/mol. The summed E-state index contributed by atoms with van der Waals surface area (Å²) < 4.78 is 1.84. The van der Waals surface area contributed by atoms with E-state index < -0.39 is 0 Å². The molecule has 1 aromatic heterocycles. The molecule has 7 heteroatoms. The maximum absolute atomic E-state index is 13.0. The van der Waals surface area contributed by atoms with E-state index in [1.165, 1.54) is 11.0 Å². The van der Waals surface area contributed by atoms with Crippen molar-refractivity contribution in [1.82, 2.24) is 14.9 Å². The number of amides is 1. The van der Waals surface area contributed by atoms with Gasteiger partial charge in [0.05, 0.1) is 17.4 Å². The summed E-state index contributed by atoms with van der Waals surface area (Å²) in [7, 11) is 0. The molecule has 1 fully saturated rings. The third-order valence-electron chi connectivity index (χ3n) is 6.52. The molecule has 5 nitrogen and oxygen atoms in total. The molecule has 4 rings (SSSR count). The highest BCUT2D eigenvalue weighted by Gasteiger charge is 2.28. The molecule has 162 valence electrons. The summed E-state index contributed by atoms with van der Waals surface area (Å²) in [5.74, 6) is 0.937. The van der Waals surface area contributed by atoms with Crippen LogP contribution in [-0.2, 0) is 6.54 Å². The quantitative estimate of drug-likeness (QED) is 0.523. The van der Waals surface area contributed by atoms with Crippen LogP contribution in [0.5, 0.6) is 0 Å². The van der Waals surface area contributed by atoms with Crippen LogP contribution in [-0.4, -0.2) is 21.5 Å². The van der Waals surface area contributed by atoms with Crippen molar-refractivity contribution < 1.29 is 4.79 Å². The molecule has 1 aliphatic rings. The van der Waals surface area contributed by atoms with Crippen molar-refractivity contribution in [2.75, 3.05) is 0 Å². The van der Waals surface area contributed by atoms with Crippen LogP contribution in [0.25, 0.3) is 10.9 Å². The minimum atomic E-state index is -0.185. The molecule has 0 radical (unpaired) electrons. The fraction of sp³-hybridized carbons (Fsp3) is 0.375. The van der Waals surface area contributed by atoms with Crippen molar-refractivity contribution in [3.8, 4) is 0 Å². The van der Waals surface area contributed by atoms with E-state index >= 15 is 0 Å². The standard InChI is InChI=1S/C24H26ClN3O2S/c1-14-4-3-5-20(15(14)2)26-22(29)17-8-11-19-21(12-17)27-24(31)28(23(19)30)13-16-6-9-18(25)10-7-16/h6-12,14-15,20H,3-5,13H2,1-2H3,(H,26,29)(H,27,31)/t14-,15+,20-/m1/s1. The van der Waals surface area contributed by atoms with Crippen molar-refractivity contribution in [3.63, 3.8) is 0 Å². The van der Waals surface area contributed by atoms with Crippen molar-refractivity contribution in [2.45, 2.75) is 45.7 Å². The van der Waals surface area contributed by atoms with Crippen LogP contribution in [0.1, 0.15) is 49.0 Å². The van der Waals surface area contributed by atoms with E-state index in [0.717, 1.165) is 18.4 Å². The van der Waals surface area contributed by atoms with Crippen LogP contribution in [0.3, 0.4) is 0 Å². The molecule has 3 atom stereocenters. The maximum atomic E-state index is 13.0. The van der Waals surface area contributed by atoms with Gasteiger partial charge in [0, 0.05) is 16.6 Å². The molecule has 1 amide bonds. The van der Waals surface area contributed by atoms with Gasteiger partial charge in [-0.2, -0.15) is 0 Å². The topological polar surface area (TPSA) is 66.9 Å². The second kappa shape index (κ2) is 8.97. The van der Waals surface area contributed by atoms with E-state index in [0.29, 0.717) is 44.6 Å². The van der Waals surface area contributed by atoms with Crippen LogP contribution in [0.2, 0.25) is 5.02 Å². The normalized spacial score (nSPS) is 21.2. The number of hydrogen-bond acceptors (Lipinski definition) is 3. The van der Waals surface area contributed by atoms with Crippen molar-refractivity contribution >= 4 is 40.6 Å². The summed E-state index contributed by atoms with van der Waals surface area (Å²) in [6.45, 7) is 4.80. The third kappa shape index (κ3) is 4.60. The summed E-state index contributed by atoms with van der Waals surface area (Å²) in [6.07, 6.45) is 3.35. The summed E-state index contributed by atoms with van der Waals surface area (Å²) in [4.78, 5) is 29.0. The number of benzene rings is 2. The average Bonchev–Trinajstić information content (AvgIpc) is 2.75. The van der Waals surface area contributed by atoms with Crippen LogP contribution < -0.4 is 10.9 Å². The number of aromatic amines is 1. The van der Waals surface area contributed by atoms with Crippen molar-refractivity contribution in [3.05, 3.63) is 73.7 Å². The summed E-state index contributed by atoms with van der Waals surface area (Å²) in [5.41, 5.74) is 1.84. The Balaban J connectivity index is 1.61. The number of carbonyl (C=O) groups is 1. The van der Waals surface area contributed by atoms with Crippen LogP contribution in [0.15, 0.2) is 47.3 Å². The smallest absolute Gasteiger partial charge is 0.262 e. The van der Waals surface area contributed by atoms with Gasteiger partial charge in [-0.25, -0.2) is 0 Å². The van der Waals surface area contributed by atoms with Gasteiger partial charge in [-0.15, -0.1) is 0 Å². The number of fused-ring (bicyclic) bond motifs is 1. The number of rotatable bonds is 4. The Morgan fingerprint density at radius 3 is 2.68 bits per heavy atom. The number of carbonyl (C=O) groups excluding carboxylic acids is 1. The third-order valence-corrected chi connectivity index (χ3v) is 7.10. The number of nitrogens with zero attached hydrogens (tertiary/aromatic N) is 1. The molecule has 2 aromatic carbocycles. The molecular weight excluding hydrogens is 430 g/mol. The molecule has 2 N–H and O–H groups in total. The van der Waals surface area contributed by atoms with E-state index in [2.05, 4.69) is 24.1 Å². The Kier molecular flexibility index (Phi) is 6.30. The van der Waals surface area contributed by atoms with E-state index in [4.69, 9.17) is 23.8 Å². The second-order valence-corrected chi connectivity index (χ2v) is 9.38. The number of H-pyrrole nitrogens is 1. The van der Waals surface area contributed by atoms with Gasteiger partial charge in [-0.3, -0.25) is 14.2 Å². The lowest BCUT2D eigenvalue weighted by atomic mass is 9.78. The predicted octanol–water partition coefficient (Wildman–Crippen LogP) is 5.32. The van der Waals surface area contributed by atoms with Gasteiger partial charge in [0.2, 0.25) is 0 Å². The molecule has 0 spiro atoms. The van der Waals surface area contributed by atoms with Crippen LogP contribution in [0, 0.1) is 16.6 Å². The summed E-state index contributed by atoms with van der Waals surface area (Å²) >= 11 is 11.4. The van der Waals surface area contributed by atoms with Crippen LogP contribution in [0.4, 0.5) is 0 Å². The van der Waals surface area contributed by atoms with E-state index in [-0.39, 0.29) is 17.5 Å². The molecule has 1 saturated carbocycles. The summed E-state index contributed by atoms with van der Waals surface area (Å²) in [6, 6.07) is 12.6. The molecule has 31 heavy (non-hydrogen) atoms. The van der Waals surface area contributed by atoms with Crippen molar-refractivity contribution in [1.29, 1.82) is 0 Å². The second-order valence-electron chi connectivity index (χ2n) is 8.56. The van der Waals surface area contributed by atoms with Gasteiger partial charge in [0.15, 0.2) is 4.77 Å². The maximum Gasteiger partial charge on any atom is 0.262 e. The molecule has 0 bridgehead atoms. The Bertz CT molecular complexity index is 1230. The first kappa shape index (κ1) is 21.8. The fourth-order valence-electron chi connectivity index (χ4n) is 4.35. The first-order valence-electron chi connectivity index (χ1n) is 10.7. The zero-order valence-corrected chi connectivity index (χ0v) is 19.2. The largest absolute Gasteiger partial charge is 0.349 e. The minimum absolute atomic E-state index is 0.113. The molecule has 3 aromatic rings. The predicted molar refractivity (Wildman–Crippen MR) is 127 cm³/mol. The van der Waals surface area contributed by atoms with E-state index in [1.54, 1.807) is 30.3 Å². The molecular formula is C24H26ClN3O2S. The number of aromatic nitrogens is 2. The SMILES string of the molecule is C[C@H]1[C@H](C)CCC[C@H]1NC(=O)c1ccc2c(=O)n(Cc3ccc(Cl)cc3)c(=S)[nH]c2c1. The molecule has 0 saturated heterocycles. The Hall–Kier alpha value is -2.44. The van der Waals surface area contributed by atoms with E-state index in [9.17, 15) is 9.59 Å². The lowest BCUT2D eigenvalue weighted by Gasteiger charge is -2.34. The first-order chi connectivity index (χ1) is 14.8. The number of hydrogen-bond donors (Lipinski definition) is 2. The Morgan fingerprint density at radius 1 is 1.19 bits per heavy atom. The fourth-order valence-corrected chi connectivity index (χ4v) is 4.73. The first-order valence-corrected chi connectivity index (χ1v) is 11.4. The van der Waals surface area contributed by atoms with Crippen LogP contribution >= 0.6 is 23.8 Å². The highest BCUT2D eigenvalue weighted by Crippen LogP contribution is 2.29. The van der Waals surface area contributed by atoms with Gasteiger partial charge in [0.25, 0.3) is 11.5 Å². The van der Waals surface area contributed by atoms with Gasteiger partial charge >= 0.3 is 0 Å². The lowest BCUT2D eigenvalue weighted by Crippen LogP contribution is -2.43. The lowest BCUT2D eigenvalue weighted by molar-refractivity contribution is 0.0891. The number of nitrogens with one attached hydrogen (secondary N) is 2. The van der Waals surface area contributed by atoms with Gasteiger partial charge < -0.3 is 10.3 Å². The van der Waals surface area contributed by atoms with Gasteiger partial charge in [0.1, 0.15) is 0 Å². The highest BCUT2D eigenvalue weighted by molar-refractivity contribution is 7.71. The number of halogens is 1. The minimum Gasteiger partial charge on any atom is -0.349 e. The molecule has 0 aliphatic heterocycles. The molecule has 0 unspecified atom stereocenters.